The summed E-state index contributed by atoms with van der Waals surface area (Å²) in [5, 5.41) is 4.30. The SMILES string of the molecule is Cn1cc(C2C(N)CCCN2Cc2ccccc2)cn1. The van der Waals surface area contributed by atoms with E-state index >= 15 is 0 Å². The average molecular weight is 270 g/mol. The number of rotatable bonds is 3. The number of piperidine rings is 1. The summed E-state index contributed by atoms with van der Waals surface area (Å²) in [6, 6.07) is 11.1. The maximum Gasteiger partial charge on any atom is 0.0538 e. The summed E-state index contributed by atoms with van der Waals surface area (Å²) in [6.07, 6.45) is 6.30. The maximum atomic E-state index is 6.39. The van der Waals surface area contributed by atoms with E-state index in [-0.39, 0.29) is 12.1 Å². The van der Waals surface area contributed by atoms with Gasteiger partial charge in [-0.15, -0.1) is 0 Å². The molecule has 2 heterocycles. The van der Waals surface area contributed by atoms with Crippen LogP contribution in [0.1, 0.15) is 30.0 Å². The lowest BCUT2D eigenvalue weighted by Gasteiger charge is -2.39. The lowest BCUT2D eigenvalue weighted by atomic mass is 9.92. The van der Waals surface area contributed by atoms with E-state index in [0.29, 0.717) is 0 Å². The van der Waals surface area contributed by atoms with E-state index in [1.165, 1.54) is 17.5 Å². The van der Waals surface area contributed by atoms with E-state index in [2.05, 4.69) is 46.5 Å². The molecule has 20 heavy (non-hydrogen) atoms. The first-order chi connectivity index (χ1) is 9.74. The Hall–Kier alpha value is -1.65. The summed E-state index contributed by atoms with van der Waals surface area (Å²) in [5.74, 6) is 0. The molecular weight excluding hydrogens is 248 g/mol. The van der Waals surface area contributed by atoms with Crippen LogP contribution in [-0.4, -0.2) is 27.3 Å². The van der Waals surface area contributed by atoms with Crippen LogP contribution in [-0.2, 0) is 13.6 Å². The van der Waals surface area contributed by atoms with Crippen LogP contribution in [0.15, 0.2) is 42.7 Å². The molecule has 4 heteroatoms. The van der Waals surface area contributed by atoms with Crippen molar-refractivity contribution in [3.8, 4) is 0 Å². The van der Waals surface area contributed by atoms with Crippen molar-refractivity contribution in [3.05, 3.63) is 53.9 Å². The minimum Gasteiger partial charge on any atom is -0.326 e. The first-order valence-electron chi connectivity index (χ1n) is 7.26. The maximum absolute atomic E-state index is 6.39. The first kappa shape index (κ1) is 13.3. The van der Waals surface area contributed by atoms with E-state index in [0.717, 1.165) is 19.5 Å². The Labute approximate surface area is 120 Å². The van der Waals surface area contributed by atoms with Gasteiger partial charge in [-0.05, 0) is 24.9 Å². The third-order valence-corrected chi connectivity index (χ3v) is 4.08. The summed E-state index contributed by atoms with van der Waals surface area (Å²) in [5.41, 5.74) is 8.96. The number of nitrogens with two attached hydrogens (primary N) is 1. The third kappa shape index (κ3) is 2.76. The van der Waals surface area contributed by atoms with Crippen LogP contribution < -0.4 is 5.73 Å². The second kappa shape index (κ2) is 5.77. The van der Waals surface area contributed by atoms with Crippen molar-refractivity contribution >= 4 is 0 Å². The summed E-state index contributed by atoms with van der Waals surface area (Å²) >= 11 is 0. The van der Waals surface area contributed by atoms with Gasteiger partial charge in [-0.2, -0.15) is 5.10 Å². The molecule has 2 unspecified atom stereocenters. The molecule has 0 saturated carbocycles. The molecule has 1 saturated heterocycles. The van der Waals surface area contributed by atoms with Gasteiger partial charge in [0.15, 0.2) is 0 Å². The number of likely N-dealkylation sites (tertiary alicyclic amines) is 1. The minimum absolute atomic E-state index is 0.191. The molecule has 2 atom stereocenters. The second-order valence-electron chi connectivity index (χ2n) is 5.65. The van der Waals surface area contributed by atoms with E-state index < -0.39 is 0 Å². The molecule has 0 amide bonds. The molecule has 0 aliphatic carbocycles. The summed E-state index contributed by atoms with van der Waals surface area (Å²) in [4.78, 5) is 2.49. The van der Waals surface area contributed by atoms with Gasteiger partial charge in [0.25, 0.3) is 0 Å². The van der Waals surface area contributed by atoms with Gasteiger partial charge in [-0.3, -0.25) is 9.58 Å². The van der Waals surface area contributed by atoms with Crippen LogP contribution in [0.3, 0.4) is 0 Å². The highest BCUT2D eigenvalue weighted by molar-refractivity contribution is 5.18. The molecule has 2 N–H and O–H groups in total. The minimum atomic E-state index is 0.191. The Kier molecular flexibility index (Phi) is 3.85. The van der Waals surface area contributed by atoms with Gasteiger partial charge in [0, 0.05) is 31.4 Å². The van der Waals surface area contributed by atoms with E-state index in [9.17, 15) is 0 Å². The van der Waals surface area contributed by atoms with Crippen LogP contribution in [0.5, 0.6) is 0 Å². The molecule has 106 valence electrons. The summed E-state index contributed by atoms with van der Waals surface area (Å²) in [6.45, 7) is 2.05. The number of hydrogen-bond donors (Lipinski definition) is 1. The number of nitrogens with zero attached hydrogens (tertiary/aromatic N) is 3. The average Bonchev–Trinajstić information content (AvgIpc) is 2.86. The summed E-state index contributed by atoms with van der Waals surface area (Å²) < 4.78 is 1.86. The standard InChI is InChI=1S/C16H22N4/c1-19-12-14(10-18-19)16-15(17)8-5-9-20(16)11-13-6-3-2-4-7-13/h2-4,6-7,10,12,15-16H,5,8-9,11,17H2,1H3. The largest absolute Gasteiger partial charge is 0.326 e. The van der Waals surface area contributed by atoms with Crippen LogP contribution in [0, 0.1) is 0 Å². The molecule has 4 nitrogen and oxygen atoms in total. The Bertz CT molecular complexity index is 549. The lowest BCUT2D eigenvalue weighted by molar-refractivity contribution is 0.120. The number of benzene rings is 1. The van der Waals surface area contributed by atoms with Gasteiger partial charge in [0.1, 0.15) is 0 Å². The molecule has 1 aromatic heterocycles. The van der Waals surface area contributed by atoms with E-state index in [1.807, 2.05) is 17.9 Å². The fourth-order valence-corrected chi connectivity index (χ4v) is 3.14. The highest BCUT2D eigenvalue weighted by Crippen LogP contribution is 2.31. The van der Waals surface area contributed by atoms with Crippen molar-refractivity contribution in [2.45, 2.75) is 31.5 Å². The van der Waals surface area contributed by atoms with Crippen LogP contribution in [0.4, 0.5) is 0 Å². The zero-order valence-corrected chi connectivity index (χ0v) is 11.9. The number of aryl methyl sites for hydroxylation is 1. The third-order valence-electron chi connectivity index (χ3n) is 4.08. The van der Waals surface area contributed by atoms with E-state index in [1.54, 1.807) is 0 Å². The fraction of sp³-hybridized carbons (Fsp3) is 0.438. The lowest BCUT2D eigenvalue weighted by Crippen LogP contribution is -2.45. The van der Waals surface area contributed by atoms with Crippen LogP contribution in [0.25, 0.3) is 0 Å². The van der Waals surface area contributed by atoms with E-state index in [4.69, 9.17) is 5.73 Å². The fourth-order valence-electron chi connectivity index (χ4n) is 3.14. The van der Waals surface area contributed by atoms with Gasteiger partial charge >= 0.3 is 0 Å². The zero-order valence-electron chi connectivity index (χ0n) is 11.9. The molecule has 3 rings (SSSR count). The first-order valence-corrected chi connectivity index (χ1v) is 7.26. The quantitative estimate of drug-likeness (QED) is 0.929. The normalized spacial score (nSPS) is 23.9. The molecule has 2 aromatic rings. The van der Waals surface area contributed by atoms with Crippen molar-refractivity contribution in [1.29, 1.82) is 0 Å². The van der Waals surface area contributed by atoms with Gasteiger partial charge in [-0.25, -0.2) is 0 Å². The monoisotopic (exact) mass is 270 g/mol. The Morgan fingerprint density at radius 1 is 1.30 bits per heavy atom. The van der Waals surface area contributed by atoms with Crippen LogP contribution >= 0.6 is 0 Å². The van der Waals surface area contributed by atoms with Gasteiger partial charge in [0.2, 0.25) is 0 Å². The van der Waals surface area contributed by atoms with Gasteiger partial charge < -0.3 is 5.73 Å². The van der Waals surface area contributed by atoms with Crippen molar-refractivity contribution in [1.82, 2.24) is 14.7 Å². The van der Waals surface area contributed by atoms with Crippen molar-refractivity contribution in [2.24, 2.45) is 12.8 Å². The Morgan fingerprint density at radius 2 is 2.10 bits per heavy atom. The van der Waals surface area contributed by atoms with Gasteiger partial charge in [-0.1, -0.05) is 30.3 Å². The topological polar surface area (TPSA) is 47.1 Å². The molecule has 0 bridgehead atoms. The summed E-state index contributed by atoms with van der Waals surface area (Å²) in [7, 11) is 1.96. The highest BCUT2D eigenvalue weighted by atomic mass is 15.3. The molecule has 0 radical (unpaired) electrons. The second-order valence-corrected chi connectivity index (χ2v) is 5.65. The predicted molar refractivity (Wildman–Crippen MR) is 80.0 cm³/mol. The number of aromatic nitrogens is 2. The van der Waals surface area contributed by atoms with Crippen molar-refractivity contribution in [3.63, 3.8) is 0 Å². The molecule has 1 fully saturated rings. The van der Waals surface area contributed by atoms with Crippen molar-refractivity contribution in [2.75, 3.05) is 6.54 Å². The number of hydrogen-bond acceptors (Lipinski definition) is 3. The molecule has 1 aliphatic rings. The Balaban J connectivity index is 1.83. The van der Waals surface area contributed by atoms with Crippen LogP contribution in [0.2, 0.25) is 0 Å². The Morgan fingerprint density at radius 3 is 2.80 bits per heavy atom. The highest BCUT2D eigenvalue weighted by Gasteiger charge is 2.31. The zero-order chi connectivity index (χ0) is 13.9. The predicted octanol–water partition coefficient (Wildman–Crippen LogP) is 2.08. The van der Waals surface area contributed by atoms with Crippen molar-refractivity contribution < 1.29 is 0 Å². The van der Waals surface area contributed by atoms with Gasteiger partial charge in [0.05, 0.1) is 12.2 Å². The molecule has 0 spiro atoms. The smallest absolute Gasteiger partial charge is 0.0538 e. The molecule has 1 aliphatic heterocycles. The molecular formula is C16H22N4. The molecule has 1 aromatic carbocycles.